The van der Waals surface area contributed by atoms with Crippen LogP contribution in [0, 0.1) is 0 Å². The van der Waals surface area contributed by atoms with Gasteiger partial charge in [0, 0.05) is 39.5 Å². The molecule has 8 heteroatoms. The van der Waals surface area contributed by atoms with Crippen LogP contribution in [0.15, 0.2) is 42.7 Å². The molecule has 0 aliphatic heterocycles. The number of nitrogens with zero attached hydrogens (tertiary/aromatic N) is 4. The Hall–Kier alpha value is -3.10. The second kappa shape index (κ2) is 10.5. The van der Waals surface area contributed by atoms with Gasteiger partial charge in [0.05, 0.1) is 12.1 Å². The summed E-state index contributed by atoms with van der Waals surface area (Å²) in [7, 11) is 3.20. The molecule has 0 aliphatic carbocycles. The zero-order valence-electron chi connectivity index (χ0n) is 19.0. The van der Waals surface area contributed by atoms with Crippen LogP contribution < -0.4 is 0 Å². The van der Waals surface area contributed by atoms with Gasteiger partial charge >= 0.3 is 5.97 Å². The lowest BCUT2D eigenvalue weighted by Gasteiger charge is -2.26. The van der Waals surface area contributed by atoms with Gasteiger partial charge in [-0.05, 0) is 29.2 Å². The van der Waals surface area contributed by atoms with Crippen LogP contribution in [0.3, 0.4) is 0 Å². The van der Waals surface area contributed by atoms with Crippen LogP contribution in [0.25, 0.3) is 11.1 Å². The third-order valence-electron chi connectivity index (χ3n) is 5.62. The number of carboxylic acids is 1. The van der Waals surface area contributed by atoms with Crippen LogP contribution in [-0.2, 0) is 28.2 Å². The summed E-state index contributed by atoms with van der Waals surface area (Å²) < 4.78 is 13.2. The molecule has 0 fully saturated rings. The fraction of sp³-hybridized carbons (Fsp3) is 0.417. The number of methoxy groups -OCH3 is 2. The number of benzene rings is 1. The Bertz CT molecular complexity index is 1030. The van der Waals surface area contributed by atoms with E-state index in [9.17, 15) is 9.90 Å². The number of aromatic nitrogens is 4. The number of ether oxygens (including phenoxy) is 2. The van der Waals surface area contributed by atoms with Gasteiger partial charge in [0.1, 0.15) is 5.82 Å². The van der Waals surface area contributed by atoms with Gasteiger partial charge < -0.3 is 14.6 Å². The first-order valence-electron chi connectivity index (χ1n) is 10.8. The maximum absolute atomic E-state index is 11.5. The Kier molecular flexibility index (Phi) is 7.71. The van der Waals surface area contributed by atoms with Crippen molar-refractivity contribution in [3.8, 4) is 11.1 Å². The number of aryl methyl sites for hydroxylation is 1. The van der Waals surface area contributed by atoms with Crippen molar-refractivity contribution in [2.75, 3.05) is 14.2 Å². The van der Waals surface area contributed by atoms with Crippen LogP contribution >= 0.6 is 0 Å². The molecule has 170 valence electrons. The minimum Gasteiger partial charge on any atom is -0.478 e. The maximum atomic E-state index is 11.5. The van der Waals surface area contributed by atoms with E-state index in [0.717, 1.165) is 36.2 Å². The Morgan fingerprint density at radius 1 is 1.12 bits per heavy atom. The molecule has 32 heavy (non-hydrogen) atoms. The number of hydrogen-bond donors (Lipinski definition) is 1. The van der Waals surface area contributed by atoms with Gasteiger partial charge in [-0.2, -0.15) is 0 Å². The first-order valence-corrected chi connectivity index (χ1v) is 10.8. The fourth-order valence-corrected chi connectivity index (χ4v) is 3.67. The van der Waals surface area contributed by atoms with Gasteiger partial charge in [-0.15, -0.1) is 5.10 Å². The number of carboxylic acid groups (broad SMARTS) is 1. The second-order valence-electron chi connectivity index (χ2n) is 7.55. The molecule has 1 aromatic carbocycles. The Morgan fingerprint density at radius 3 is 2.44 bits per heavy atom. The van der Waals surface area contributed by atoms with E-state index < -0.39 is 11.8 Å². The second-order valence-corrected chi connectivity index (χ2v) is 7.55. The quantitative estimate of drug-likeness (QED) is 0.446. The molecule has 2 heterocycles. The molecular formula is C24H30N4O4. The van der Waals surface area contributed by atoms with Gasteiger partial charge in [-0.3, -0.25) is 4.98 Å². The summed E-state index contributed by atoms with van der Waals surface area (Å²) in [6.07, 6.45) is 6.43. The van der Waals surface area contributed by atoms with Crippen molar-refractivity contribution in [2.45, 2.75) is 51.9 Å². The van der Waals surface area contributed by atoms with Crippen molar-refractivity contribution < 1.29 is 19.4 Å². The van der Waals surface area contributed by atoms with Crippen molar-refractivity contribution in [3.63, 3.8) is 0 Å². The molecular weight excluding hydrogens is 408 g/mol. The zero-order chi connectivity index (χ0) is 23.1. The number of hydrogen-bond acceptors (Lipinski definition) is 6. The van der Waals surface area contributed by atoms with Crippen molar-refractivity contribution in [1.82, 2.24) is 19.7 Å². The average Bonchev–Trinajstić information content (AvgIpc) is 3.22. The molecule has 3 aromatic rings. The molecule has 0 unspecified atom stereocenters. The lowest BCUT2D eigenvalue weighted by atomic mass is 10.0. The summed E-state index contributed by atoms with van der Waals surface area (Å²) >= 11 is 0. The van der Waals surface area contributed by atoms with Crippen molar-refractivity contribution in [1.29, 1.82) is 0 Å². The van der Waals surface area contributed by atoms with Crippen LogP contribution in [0.4, 0.5) is 0 Å². The molecule has 0 saturated heterocycles. The molecule has 8 nitrogen and oxygen atoms in total. The summed E-state index contributed by atoms with van der Waals surface area (Å²) in [6.45, 7) is 4.66. The SMILES string of the molecule is CCCCc1nc(C(CC)(OC)OC)nn1Cc1ccc(-c2ccncc2C(=O)O)cc1. The smallest absolute Gasteiger partial charge is 0.337 e. The lowest BCUT2D eigenvalue weighted by Crippen LogP contribution is -2.31. The van der Waals surface area contributed by atoms with Crippen LogP contribution in [0.5, 0.6) is 0 Å². The normalized spacial score (nSPS) is 11.6. The molecule has 3 rings (SSSR count). The molecule has 1 N–H and O–H groups in total. The molecule has 0 atom stereocenters. The highest BCUT2D eigenvalue weighted by Crippen LogP contribution is 2.28. The molecule has 0 saturated carbocycles. The number of rotatable bonds is 11. The maximum Gasteiger partial charge on any atom is 0.337 e. The molecule has 0 spiro atoms. The predicted molar refractivity (Wildman–Crippen MR) is 120 cm³/mol. The fourth-order valence-electron chi connectivity index (χ4n) is 3.67. The third-order valence-corrected chi connectivity index (χ3v) is 5.62. The molecule has 0 aliphatic rings. The van der Waals surface area contributed by atoms with E-state index >= 15 is 0 Å². The van der Waals surface area contributed by atoms with Gasteiger partial charge in [0.15, 0.2) is 0 Å². The Balaban J connectivity index is 1.90. The van der Waals surface area contributed by atoms with Gasteiger partial charge in [0.25, 0.3) is 0 Å². The summed E-state index contributed by atoms with van der Waals surface area (Å²) in [5, 5.41) is 14.2. The highest BCUT2D eigenvalue weighted by Gasteiger charge is 2.35. The molecule has 0 radical (unpaired) electrons. The van der Waals surface area contributed by atoms with Crippen molar-refractivity contribution in [2.24, 2.45) is 0 Å². The number of pyridine rings is 1. The average molecular weight is 439 g/mol. The standard InChI is InChI=1S/C24H30N4O4/c1-5-7-8-21-26-23(24(6-2,31-3)32-4)27-28(21)16-17-9-11-18(12-10-17)19-13-14-25-15-20(19)22(29)30/h9-15H,5-8,16H2,1-4H3,(H,29,30). The highest BCUT2D eigenvalue weighted by molar-refractivity contribution is 5.95. The van der Waals surface area contributed by atoms with E-state index in [1.165, 1.54) is 6.20 Å². The summed E-state index contributed by atoms with van der Waals surface area (Å²) in [5.74, 6) is -0.552. The number of carbonyl (C=O) groups is 1. The van der Waals surface area contributed by atoms with E-state index in [1.807, 2.05) is 35.9 Å². The van der Waals surface area contributed by atoms with Crippen molar-refractivity contribution in [3.05, 3.63) is 65.5 Å². The third kappa shape index (κ3) is 4.87. The Morgan fingerprint density at radius 2 is 1.84 bits per heavy atom. The van der Waals surface area contributed by atoms with Crippen LogP contribution in [0.2, 0.25) is 0 Å². The molecule has 0 amide bonds. The first kappa shape index (κ1) is 23.6. The predicted octanol–water partition coefficient (Wildman–Crippen LogP) is 4.28. The number of unbranched alkanes of at least 4 members (excludes halogenated alkanes) is 1. The minimum atomic E-state index is -0.997. The van der Waals surface area contributed by atoms with Gasteiger partial charge in [-0.25, -0.2) is 14.5 Å². The Labute approximate surface area is 188 Å². The summed E-state index contributed by atoms with van der Waals surface area (Å²) in [6, 6.07) is 9.51. The van der Waals surface area contributed by atoms with E-state index in [0.29, 0.717) is 24.4 Å². The first-order chi connectivity index (χ1) is 15.5. The largest absolute Gasteiger partial charge is 0.478 e. The highest BCUT2D eigenvalue weighted by atomic mass is 16.7. The molecule has 2 aromatic heterocycles. The van der Waals surface area contributed by atoms with E-state index in [2.05, 4.69) is 11.9 Å². The van der Waals surface area contributed by atoms with Crippen LogP contribution in [-0.4, -0.2) is 45.0 Å². The van der Waals surface area contributed by atoms with Gasteiger partial charge in [-0.1, -0.05) is 44.5 Å². The van der Waals surface area contributed by atoms with E-state index in [4.69, 9.17) is 19.6 Å². The zero-order valence-corrected chi connectivity index (χ0v) is 19.0. The number of aromatic carboxylic acids is 1. The topological polar surface area (TPSA) is 99.4 Å². The monoisotopic (exact) mass is 438 g/mol. The molecule has 0 bridgehead atoms. The van der Waals surface area contributed by atoms with Gasteiger partial charge in [0.2, 0.25) is 11.6 Å². The summed E-state index contributed by atoms with van der Waals surface area (Å²) in [5.41, 5.74) is 2.67. The lowest BCUT2D eigenvalue weighted by molar-refractivity contribution is -0.222. The van der Waals surface area contributed by atoms with Crippen molar-refractivity contribution >= 4 is 5.97 Å². The van der Waals surface area contributed by atoms with E-state index in [1.54, 1.807) is 26.5 Å². The summed E-state index contributed by atoms with van der Waals surface area (Å²) in [4.78, 5) is 20.2. The van der Waals surface area contributed by atoms with E-state index in [-0.39, 0.29) is 5.56 Å². The van der Waals surface area contributed by atoms with Crippen LogP contribution in [0.1, 0.15) is 60.7 Å². The minimum absolute atomic E-state index is 0.179.